The van der Waals surface area contributed by atoms with E-state index >= 15 is 0 Å². The van der Waals surface area contributed by atoms with Crippen molar-refractivity contribution in [1.82, 2.24) is 4.90 Å². The van der Waals surface area contributed by atoms with Crippen LogP contribution in [0.3, 0.4) is 0 Å². The molecule has 21 heavy (non-hydrogen) atoms. The number of nitrogens with zero attached hydrogens (tertiary/aromatic N) is 1. The van der Waals surface area contributed by atoms with E-state index in [2.05, 4.69) is 27.7 Å². The average Bonchev–Trinajstić information content (AvgIpc) is 2.36. The third-order valence-electron chi connectivity index (χ3n) is 4.06. The van der Waals surface area contributed by atoms with Gasteiger partial charge in [-0.05, 0) is 37.0 Å². The minimum absolute atomic E-state index is 0.0283. The third-order valence-corrected chi connectivity index (χ3v) is 4.06. The Morgan fingerprint density at radius 3 is 2.52 bits per heavy atom. The summed E-state index contributed by atoms with van der Waals surface area (Å²) in [5.74, 6) is 0.348. The minimum atomic E-state index is -0.220. The number of carbonyl (C=O) groups is 2. The molecule has 1 heterocycles. The number of hydrogen-bond acceptors (Lipinski definition) is 3. The fourth-order valence-corrected chi connectivity index (χ4v) is 3.35. The van der Waals surface area contributed by atoms with Crippen LogP contribution in [0.1, 0.15) is 66.2 Å². The van der Waals surface area contributed by atoms with Crippen LogP contribution < -0.4 is 0 Å². The molecular weight excluding hydrogens is 266 g/mol. The Balaban J connectivity index is 2.58. The largest absolute Gasteiger partial charge is 0.469 e. The van der Waals surface area contributed by atoms with Crippen molar-refractivity contribution in [2.45, 2.75) is 72.3 Å². The lowest BCUT2D eigenvalue weighted by atomic mass is 9.84. The van der Waals surface area contributed by atoms with Crippen molar-refractivity contribution in [3.05, 3.63) is 0 Å². The second-order valence-electron chi connectivity index (χ2n) is 7.59. The fourth-order valence-electron chi connectivity index (χ4n) is 3.35. The molecule has 1 amide bonds. The van der Waals surface area contributed by atoms with Gasteiger partial charge in [-0.1, -0.05) is 27.7 Å². The number of amides is 1. The van der Waals surface area contributed by atoms with Crippen molar-refractivity contribution in [2.75, 3.05) is 13.7 Å². The Hall–Kier alpha value is -1.06. The Kier molecular flexibility index (Phi) is 6.69. The maximum Gasteiger partial charge on any atom is 0.307 e. The van der Waals surface area contributed by atoms with Gasteiger partial charge in [0.15, 0.2) is 0 Å². The predicted molar refractivity (Wildman–Crippen MR) is 83.8 cm³/mol. The Bertz CT molecular complexity index is 360. The topological polar surface area (TPSA) is 46.6 Å². The van der Waals surface area contributed by atoms with Crippen molar-refractivity contribution < 1.29 is 14.3 Å². The van der Waals surface area contributed by atoms with Gasteiger partial charge in [-0.3, -0.25) is 9.59 Å². The molecule has 122 valence electrons. The van der Waals surface area contributed by atoms with E-state index in [1.807, 2.05) is 4.90 Å². The smallest absolute Gasteiger partial charge is 0.307 e. The zero-order valence-electron chi connectivity index (χ0n) is 14.3. The van der Waals surface area contributed by atoms with Crippen LogP contribution in [0.2, 0.25) is 0 Å². The van der Waals surface area contributed by atoms with Crippen LogP contribution in [0.5, 0.6) is 0 Å². The van der Waals surface area contributed by atoms with Gasteiger partial charge >= 0.3 is 5.97 Å². The monoisotopic (exact) mass is 297 g/mol. The summed E-state index contributed by atoms with van der Waals surface area (Å²) in [6.45, 7) is 9.53. The molecule has 1 rings (SSSR count). The second-order valence-corrected chi connectivity index (χ2v) is 7.59. The summed E-state index contributed by atoms with van der Waals surface area (Å²) in [5.41, 5.74) is 0.243. The van der Waals surface area contributed by atoms with Crippen molar-refractivity contribution in [2.24, 2.45) is 11.3 Å². The number of rotatable bonds is 5. The number of piperidine rings is 1. The molecule has 0 N–H and O–H groups in total. The highest BCUT2D eigenvalue weighted by molar-refractivity contribution is 5.78. The third kappa shape index (κ3) is 6.49. The van der Waals surface area contributed by atoms with E-state index in [4.69, 9.17) is 4.74 Å². The first-order valence-corrected chi connectivity index (χ1v) is 8.09. The van der Waals surface area contributed by atoms with E-state index in [0.717, 1.165) is 32.2 Å². The lowest BCUT2D eigenvalue weighted by Gasteiger charge is -2.36. The van der Waals surface area contributed by atoms with Crippen molar-refractivity contribution in [1.29, 1.82) is 0 Å². The van der Waals surface area contributed by atoms with Gasteiger partial charge < -0.3 is 9.64 Å². The number of hydrogen-bond donors (Lipinski definition) is 0. The summed E-state index contributed by atoms with van der Waals surface area (Å²) in [7, 11) is 1.41. The molecule has 0 aromatic carbocycles. The molecule has 1 fully saturated rings. The van der Waals surface area contributed by atoms with E-state index in [1.165, 1.54) is 7.11 Å². The minimum Gasteiger partial charge on any atom is -0.469 e. The van der Waals surface area contributed by atoms with E-state index in [-0.39, 0.29) is 23.3 Å². The lowest BCUT2D eigenvalue weighted by Crippen LogP contribution is -2.45. The molecule has 0 aromatic rings. The molecule has 4 heteroatoms. The molecule has 0 saturated carbocycles. The van der Waals surface area contributed by atoms with Crippen LogP contribution >= 0.6 is 0 Å². The summed E-state index contributed by atoms with van der Waals surface area (Å²) in [5, 5.41) is 0. The molecule has 1 aliphatic heterocycles. The van der Waals surface area contributed by atoms with E-state index in [1.54, 1.807) is 0 Å². The summed E-state index contributed by atoms with van der Waals surface area (Å²) in [6, 6.07) is 0.0283. The molecule has 1 aliphatic rings. The maximum atomic E-state index is 12.5. The first-order chi connectivity index (χ1) is 9.73. The first kappa shape index (κ1) is 18.0. The summed E-state index contributed by atoms with van der Waals surface area (Å²) in [6.07, 6.45) is 4.98. The molecular formula is C17H31NO3. The van der Waals surface area contributed by atoms with Gasteiger partial charge in [0.1, 0.15) is 0 Å². The average molecular weight is 297 g/mol. The van der Waals surface area contributed by atoms with Crippen LogP contribution in [-0.2, 0) is 14.3 Å². The molecule has 0 bridgehead atoms. The number of methoxy groups -OCH3 is 1. The summed E-state index contributed by atoms with van der Waals surface area (Å²) in [4.78, 5) is 26.0. The van der Waals surface area contributed by atoms with Crippen LogP contribution in [0, 0.1) is 11.3 Å². The standard InChI is InChI=1S/C17H31NO3/c1-13(12-17(2,3)4)10-15(19)18-9-7-6-8-14(18)11-16(20)21-5/h13-14H,6-12H2,1-5H3. The molecule has 0 radical (unpaired) electrons. The van der Waals surface area contributed by atoms with Crippen LogP contribution in [0.25, 0.3) is 0 Å². The van der Waals surface area contributed by atoms with Crippen LogP contribution in [0.15, 0.2) is 0 Å². The van der Waals surface area contributed by atoms with Gasteiger partial charge in [-0.15, -0.1) is 0 Å². The van der Waals surface area contributed by atoms with Gasteiger partial charge in [-0.25, -0.2) is 0 Å². The highest BCUT2D eigenvalue weighted by Gasteiger charge is 2.30. The number of likely N-dealkylation sites (tertiary alicyclic amines) is 1. The van der Waals surface area contributed by atoms with Gasteiger partial charge in [0.2, 0.25) is 5.91 Å². The first-order valence-electron chi connectivity index (χ1n) is 8.09. The predicted octanol–water partition coefficient (Wildman–Crippen LogP) is 3.39. The molecule has 2 unspecified atom stereocenters. The summed E-state index contributed by atoms with van der Waals surface area (Å²) >= 11 is 0. The van der Waals surface area contributed by atoms with Gasteiger partial charge in [0.25, 0.3) is 0 Å². The van der Waals surface area contributed by atoms with Crippen molar-refractivity contribution in [3.8, 4) is 0 Å². The van der Waals surface area contributed by atoms with Crippen molar-refractivity contribution >= 4 is 11.9 Å². The molecule has 4 nitrogen and oxygen atoms in total. The molecule has 0 spiro atoms. The van der Waals surface area contributed by atoms with Gasteiger partial charge in [0.05, 0.1) is 13.5 Å². The number of esters is 1. The molecule has 2 atom stereocenters. The number of ether oxygens (including phenoxy) is 1. The van der Waals surface area contributed by atoms with Crippen molar-refractivity contribution in [3.63, 3.8) is 0 Å². The lowest BCUT2D eigenvalue weighted by molar-refractivity contribution is -0.144. The Morgan fingerprint density at radius 2 is 1.95 bits per heavy atom. The quantitative estimate of drug-likeness (QED) is 0.731. The Labute approximate surface area is 129 Å². The van der Waals surface area contributed by atoms with Gasteiger partial charge in [-0.2, -0.15) is 0 Å². The van der Waals surface area contributed by atoms with E-state index in [0.29, 0.717) is 18.8 Å². The summed E-state index contributed by atoms with van der Waals surface area (Å²) < 4.78 is 4.75. The van der Waals surface area contributed by atoms with Gasteiger partial charge in [0, 0.05) is 19.0 Å². The maximum absolute atomic E-state index is 12.5. The fraction of sp³-hybridized carbons (Fsp3) is 0.882. The zero-order valence-corrected chi connectivity index (χ0v) is 14.3. The SMILES string of the molecule is COC(=O)CC1CCCCN1C(=O)CC(C)CC(C)(C)C. The van der Waals surface area contributed by atoms with Crippen LogP contribution in [-0.4, -0.2) is 36.5 Å². The molecule has 0 aromatic heterocycles. The Morgan fingerprint density at radius 1 is 1.29 bits per heavy atom. The highest BCUT2D eigenvalue weighted by atomic mass is 16.5. The van der Waals surface area contributed by atoms with E-state index in [9.17, 15) is 9.59 Å². The second kappa shape index (κ2) is 7.81. The van der Waals surface area contributed by atoms with Crippen LogP contribution in [0.4, 0.5) is 0 Å². The highest BCUT2D eigenvalue weighted by Crippen LogP contribution is 2.28. The molecule has 0 aliphatic carbocycles. The normalized spacial score (nSPS) is 21.0. The van der Waals surface area contributed by atoms with E-state index < -0.39 is 0 Å². The zero-order chi connectivity index (χ0) is 16.0. The molecule has 1 saturated heterocycles. The number of carbonyl (C=O) groups excluding carboxylic acids is 2.